The Morgan fingerprint density at radius 3 is 2.29 bits per heavy atom. The maximum absolute atomic E-state index is 12.5. The standard InChI is InChI=1S/C25H28N2O3S/c1-14(2)18-7-9-19(10-8-18)22-17(5)31-25(23(22)24(26)29)27-21(28)13-30-20-11-6-15(3)16(4)12-20/h6-12,14H,13H2,1-5H3,(H2,26,29)(H,27,28). The molecule has 5 nitrogen and oxygen atoms in total. The average molecular weight is 437 g/mol. The van der Waals surface area contributed by atoms with Gasteiger partial charge < -0.3 is 15.8 Å². The Kier molecular flexibility index (Phi) is 6.81. The number of anilines is 1. The van der Waals surface area contributed by atoms with Gasteiger partial charge in [0.2, 0.25) is 0 Å². The lowest BCUT2D eigenvalue weighted by Crippen LogP contribution is -2.22. The van der Waals surface area contributed by atoms with Crippen molar-refractivity contribution >= 4 is 28.2 Å². The number of ether oxygens (including phenoxy) is 1. The van der Waals surface area contributed by atoms with Gasteiger partial charge in [0.25, 0.3) is 11.8 Å². The van der Waals surface area contributed by atoms with Crippen LogP contribution in [0.15, 0.2) is 42.5 Å². The van der Waals surface area contributed by atoms with E-state index in [1.807, 2.05) is 51.1 Å². The number of rotatable bonds is 7. The largest absolute Gasteiger partial charge is 0.484 e. The van der Waals surface area contributed by atoms with Crippen molar-refractivity contribution in [2.24, 2.45) is 5.73 Å². The van der Waals surface area contributed by atoms with Crippen LogP contribution in [0.4, 0.5) is 5.00 Å². The second-order valence-corrected chi connectivity index (χ2v) is 9.19. The third-order valence-electron chi connectivity index (χ3n) is 5.30. The van der Waals surface area contributed by atoms with Crippen molar-refractivity contribution in [3.05, 3.63) is 69.6 Å². The van der Waals surface area contributed by atoms with Gasteiger partial charge in [0.05, 0.1) is 5.56 Å². The molecule has 3 N–H and O–H groups in total. The minimum Gasteiger partial charge on any atom is -0.484 e. The van der Waals surface area contributed by atoms with Gasteiger partial charge in [-0.1, -0.05) is 44.2 Å². The first kappa shape index (κ1) is 22.6. The van der Waals surface area contributed by atoms with Gasteiger partial charge >= 0.3 is 0 Å². The van der Waals surface area contributed by atoms with Gasteiger partial charge in [-0.25, -0.2) is 0 Å². The van der Waals surface area contributed by atoms with E-state index < -0.39 is 5.91 Å². The molecule has 0 aliphatic heterocycles. The van der Waals surface area contributed by atoms with E-state index in [1.165, 1.54) is 16.9 Å². The van der Waals surface area contributed by atoms with E-state index in [1.54, 1.807) is 0 Å². The number of primary amides is 1. The molecule has 0 saturated carbocycles. The number of carbonyl (C=O) groups excluding carboxylic acids is 2. The first-order valence-electron chi connectivity index (χ1n) is 10.2. The van der Waals surface area contributed by atoms with Crippen molar-refractivity contribution < 1.29 is 14.3 Å². The summed E-state index contributed by atoms with van der Waals surface area (Å²) in [5.41, 5.74) is 11.2. The summed E-state index contributed by atoms with van der Waals surface area (Å²) in [4.78, 5) is 25.7. The maximum Gasteiger partial charge on any atom is 0.262 e. The van der Waals surface area contributed by atoms with E-state index >= 15 is 0 Å². The Morgan fingerprint density at radius 2 is 1.71 bits per heavy atom. The summed E-state index contributed by atoms with van der Waals surface area (Å²) in [6.45, 7) is 10.0. The molecule has 0 fully saturated rings. The molecule has 0 radical (unpaired) electrons. The van der Waals surface area contributed by atoms with E-state index in [0.29, 0.717) is 22.2 Å². The van der Waals surface area contributed by atoms with Crippen molar-refractivity contribution in [1.29, 1.82) is 0 Å². The number of aryl methyl sites for hydroxylation is 3. The van der Waals surface area contributed by atoms with Crippen LogP contribution >= 0.6 is 11.3 Å². The number of amides is 2. The van der Waals surface area contributed by atoms with E-state index in [4.69, 9.17) is 10.5 Å². The van der Waals surface area contributed by atoms with Crippen LogP contribution in [0.5, 0.6) is 5.75 Å². The molecule has 1 heterocycles. The minimum atomic E-state index is -0.572. The molecule has 0 spiro atoms. The second-order valence-electron chi connectivity index (χ2n) is 7.96. The molecule has 0 aliphatic carbocycles. The Labute approximate surface area is 187 Å². The van der Waals surface area contributed by atoms with Crippen molar-refractivity contribution in [1.82, 2.24) is 0 Å². The molecule has 0 aliphatic rings. The number of benzene rings is 2. The average Bonchev–Trinajstić information content (AvgIpc) is 3.04. The van der Waals surface area contributed by atoms with Crippen molar-refractivity contribution in [3.8, 4) is 16.9 Å². The third-order valence-corrected chi connectivity index (χ3v) is 6.32. The Bertz CT molecular complexity index is 1110. The van der Waals surface area contributed by atoms with E-state index in [9.17, 15) is 9.59 Å². The predicted molar refractivity (Wildman–Crippen MR) is 127 cm³/mol. The van der Waals surface area contributed by atoms with Crippen molar-refractivity contribution in [3.63, 3.8) is 0 Å². The number of thiophene rings is 1. The summed E-state index contributed by atoms with van der Waals surface area (Å²) in [6, 6.07) is 13.8. The van der Waals surface area contributed by atoms with Gasteiger partial charge in [0.1, 0.15) is 10.8 Å². The number of hydrogen-bond acceptors (Lipinski definition) is 4. The van der Waals surface area contributed by atoms with Gasteiger partial charge in [-0.3, -0.25) is 9.59 Å². The highest BCUT2D eigenvalue weighted by molar-refractivity contribution is 7.17. The molecular weight excluding hydrogens is 408 g/mol. The zero-order valence-electron chi connectivity index (χ0n) is 18.5. The number of hydrogen-bond donors (Lipinski definition) is 2. The third kappa shape index (κ3) is 5.14. The van der Waals surface area contributed by atoms with E-state index in [-0.39, 0.29) is 12.5 Å². The van der Waals surface area contributed by atoms with Crippen LogP contribution in [0.2, 0.25) is 0 Å². The molecule has 31 heavy (non-hydrogen) atoms. The molecule has 2 amide bonds. The zero-order valence-corrected chi connectivity index (χ0v) is 19.4. The maximum atomic E-state index is 12.5. The van der Waals surface area contributed by atoms with Crippen LogP contribution < -0.4 is 15.8 Å². The minimum absolute atomic E-state index is 0.157. The van der Waals surface area contributed by atoms with E-state index in [2.05, 4.69) is 31.3 Å². The zero-order chi connectivity index (χ0) is 22.7. The molecule has 3 rings (SSSR count). The second kappa shape index (κ2) is 9.35. The van der Waals surface area contributed by atoms with Crippen LogP contribution in [-0.2, 0) is 4.79 Å². The summed E-state index contributed by atoms with van der Waals surface area (Å²) in [5, 5.41) is 3.25. The van der Waals surface area contributed by atoms with Crippen LogP contribution in [0.3, 0.4) is 0 Å². The molecule has 1 aromatic heterocycles. The van der Waals surface area contributed by atoms with Crippen LogP contribution in [0, 0.1) is 20.8 Å². The summed E-state index contributed by atoms with van der Waals surface area (Å²) >= 11 is 1.34. The summed E-state index contributed by atoms with van der Waals surface area (Å²) < 4.78 is 5.61. The molecule has 6 heteroatoms. The molecular formula is C25H28N2O3S. The lowest BCUT2D eigenvalue weighted by molar-refractivity contribution is -0.118. The summed E-state index contributed by atoms with van der Waals surface area (Å²) in [7, 11) is 0. The first-order chi connectivity index (χ1) is 14.7. The number of carbonyl (C=O) groups is 2. The molecule has 2 aromatic carbocycles. The fourth-order valence-electron chi connectivity index (χ4n) is 3.37. The lowest BCUT2D eigenvalue weighted by atomic mass is 9.96. The van der Waals surface area contributed by atoms with Crippen LogP contribution in [-0.4, -0.2) is 18.4 Å². The van der Waals surface area contributed by atoms with Gasteiger partial charge in [0.15, 0.2) is 6.61 Å². The lowest BCUT2D eigenvalue weighted by Gasteiger charge is -2.10. The van der Waals surface area contributed by atoms with E-state index in [0.717, 1.165) is 27.1 Å². The molecule has 0 saturated heterocycles. The van der Waals surface area contributed by atoms with Gasteiger partial charge in [0, 0.05) is 10.4 Å². The molecule has 0 bridgehead atoms. The highest BCUT2D eigenvalue weighted by atomic mass is 32.1. The SMILES string of the molecule is Cc1ccc(OCC(=O)Nc2sc(C)c(-c3ccc(C(C)C)cc3)c2C(N)=O)cc1C. The smallest absolute Gasteiger partial charge is 0.262 e. The number of nitrogens with two attached hydrogens (primary N) is 1. The molecule has 3 aromatic rings. The van der Waals surface area contributed by atoms with Crippen molar-refractivity contribution in [2.45, 2.75) is 40.5 Å². The molecule has 0 unspecified atom stereocenters. The quantitative estimate of drug-likeness (QED) is 0.507. The first-order valence-corrected chi connectivity index (χ1v) is 11.0. The van der Waals surface area contributed by atoms with Gasteiger partial charge in [-0.05, 0) is 61.1 Å². The summed E-state index contributed by atoms with van der Waals surface area (Å²) in [5.74, 6) is 0.128. The van der Waals surface area contributed by atoms with Gasteiger partial charge in [-0.15, -0.1) is 11.3 Å². The van der Waals surface area contributed by atoms with Crippen LogP contribution in [0.1, 0.15) is 51.7 Å². The molecule has 0 atom stereocenters. The highest BCUT2D eigenvalue weighted by Crippen LogP contribution is 2.40. The number of nitrogens with one attached hydrogen (secondary N) is 1. The monoisotopic (exact) mass is 436 g/mol. The normalized spacial score (nSPS) is 10.9. The summed E-state index contributed by atoms with van der Waals surface area (Å²) in [6.07, 6.45) is 0. The Hall–Kier alpha value is -3.12. The van der Waals surface area contributed by atoms with Gasteiger partial charge in [-0.2, -0.15) is 0 Å². The Balaban J connectivity index is 1.81. The Morgan fingerprint density at radius 1 is 1.03 bits per heavy atom. The predicted octanol–water partition coefficient (Wildman–Crippen LogP) is 5.58. The fourth-order valence-corrected chi connectivity index (χ4v) is 4.46. The topological polar surface area (TPSA) is 81.4 Å². The van der Waals surface area contributed by atoms with Crippen molar-refractivity contribution in [2.75, 3.05) is 11.9 Å². The highest BCUT2D eigenvalue weighted by Gasteiger charge is 2.23. The molecule has 162 valence electrons. The van der Waals surface area contributed by atoms with Crippen LogP contribution in [0.25, 0.3) is 11.1 Å². The fraction of sp³-hybridized carbons (Fsp3) is 0.280.